The summed E-state index contributed by atoms with van der Waals surface area (Å²) < 4.78 is 6.03. The number of benzene rings is 1. The highest BCUT2D eigenvalue weighted by Crippen LogP contribution is 2.26. The molecular weight excluding hydrogens is 210 g/mol. The van der Waals surface area contributed by atoms with Gasteiger partial charge in [0.15, 0.2) is 0 Å². The number of aryl methyl sites for hydroxylation is 1. The van der Waals surface area contributed by atoms with Crippen LogP contribution in [0.5, 0.6) is 0 Å². The van der Waals surface area contributed by atoms with Crippen molar-refractivity contribution in [3.8, 4) is 0 Å². The highest BCUT2D eigenvalue weighted by Gasteiger charge is 2.24. The standard InChI is InChI=1S/C15H23NO/c1-12-6-8-13(9-7-12)11-17-15-5-3-2-4-14(15)10-16/h6-9,14-15H,2-5,10-11,16H2,1H3. The van der Waals surface area contributed by atoms with E-state index in [1.165, 1.54) is 36.8 Å². The Labute approximate surface area is 104 Å². The van der Waals surface area contributed by atoms with E-state index in [0.29, 0.717) is 12.0 Å². The van der Waals surface area contributed by atoms with E-state index in [0.717, 1.165) is 13.2 Å². The first-order valence-corrected chi connectivity index (χ1v) is 6.67. The Morgan fingerprint density at radius 3 is 2.59 bits per heavy atom. The molecule has 0 amide bonds. The molecule has 2 unspecified atom stereocenters. The van der Waals surface area contributed by atoms with E-state index in [2.05, 4.69) is 31.2 Å². The Bertz CT molecular complexity index is 333. The van der Waals surface area contributed by atoms with Gasteiger partial charge in [-0.15, -0.1) is 0 Å². The van der Waals surface area contributed by atoms with Crippen LogP contribution in [0.1, 0.15) is 36.8 Å². The van der Waals surface area contributed by atoms with Gasteiger partial charge >= 0.3 is 0 Å². The van der Waals surface area contributed by atoms with E-state index in [-0.39, 0.29) is 0 Å². The second-order valence-corrected chi connectivity index (χ2v) is 5.12. The zero-order chi connectivity index (χ0) is 12.1. The topological polar surface area (TPSA) is 35.2 Å². The highest BCUT2D eigenvalue weighted by atomic mass is 16.5. The summed E-state index contributed by atoms with van der Waals surface area (Å²) in [6.07, 6.45) is 5.37. The predicted molar refractivity (Wildman–Crippen MR) is 70.8 cm³/mol. The number of hydrogen-bond donors (Lipinski definition) is 1. The van der Waals surface area contributed by atoms with Crippen molar-refractivity contribution in [3.63, 3.8) is 0 Å². The molecule has 0 bridgehead atoms. The van der Waals surface area contributed by atoms with Crippen LogP contribution in [0.25, 0.3) is 0 Å². The van der Waals surface area contributed by atoms with E-state index in [9.17, 15) is 0 Å². The van der Waals surface area contributed by atoms with Crippen LogP contribution in [0.15, 0.2) is 24.3 Å². The van der Waals surface area contributed by atoms with Gasteiger partial charge in [0.1, 0.15) is 0 Å². The van der Waals surface area contributed by atoms with Crippen LogP contribution in [-0.4, -0.2) is 12.6 Å². The maximum atomic E-state index is 6.03. The number of hydrogen-bond acceptors (Lipinski definition) is 2. The summed E-state index contributed by atoms with van der Waals surface area (Å²) in [6.45, 7) is 3.59. The highest BCUT2D eigenvalue weighted by molar-refractivity contribution is 5.20. The normalized spacial score (nSPS) is 24.8. The first-order chi connectivity index (χ1) is 8.29. The van der Waals surface area contributed by atoms with Crippen molar-refractivity contribution in [3.05, 3.63) is 35.4 Å². The second-order valence-electron chi connectivity index (χ2n) is 5.12. The van der Waals surface area contributed by atoms with Crippen molar-refractivity contribution in [2.24, 2.45) is 11.7 Å². The van der Waals surface area contributed by atoms with Gasteiger partial charge in [-0.05, 0) is 37.8 Å². The first-order valence-electron chi connectivity index (χ1n) is 6.67. The average molecular weight is 233 g/mol. The Morgan fingerprint density at radius 1 is 1.18 bits per heavy atom. The Hall–Kier alpha value is -0.860. The summed E-state index contributed by atoms with van der Waals surface area (Å²) in [5.74, 6) is 0.564. The van der Waals surface area contributed by atoms with Crippen molar-refractivity contribution in [2.75, 3.05) is 6.54 Å². The van der Waals surface area contributed by atoms with Crippen LogP contribution < -0.4 is 5.73 Å². The fourth-order valence-electron chi connectivity index (χ4n) is 2.55. The molecule has 0 aliphatic heterocycles. The predicted octanol–water partition coefficient (Wildman–Crippen LogP) is 3.03. The molecule has 1 aliphatic carbocycles. The van der Waals surface area contributed by atoms with Crippen molar-refractivity contribution in [2.45, 2.75) is 45.3 Å². The Kier molecular flexibility index (Phi) is 4.57. The van der Waals surface area contributed by atoms with Crippen LogP contribution >= 0.6 is 0 Å². The Morgan fingerprint density at radius 2 is 1.88 bits per heavy atom. The zero-order valence-electron chi connectivity index (χ0n) is 10.7. The van der Waals surface area contributed by atoms with E-state index < -0.39 is 0 Å². The zero-order valence-corrected chi connectivity index (χ0v) is 10.7. The minimum absolute atomic E-state index is 0.370. The van der Waals surface area contributed by atoms with Gasteiger partial charge in [-0.25, -0.2) is 0 Å². The quantitative estimate of drug-likeness (QED) is 0.867. The van der Waals surface area contributed by atoms with Crippen molar-refractivity contribution in [1.29, 1.82) is 0 Å². The molecule has 94 valence electrons. The van der Waals surface area contributed by atoms with Gasteiger partial charge in [0, 0.05) is 0 Å². The summed E-state index contributed by atoms with van der Waals surface area (Å²) >= 11 is 0. The summed E-state index contributed by atoms with van der Waals surface area (Å²) in [4.78, 5) is 0. The van der Waals surface area contributed by atoms with Gasteiger partial charge in [0.05, 0.1) is 12.7 Å². The number of rotatable bonds is 4. The maximum absolute atomic E-state index is 6.03. The molecule has 0 spiro atoms. The van der Waals surface area contributed by atoms with E-state index >= 15 is 0 Å². The first kappa shape index (κ1) is 12.6. The molecule has 1 aromatic rings. The molecule has 2 heteroatoms. The van der Waals surface area contributed by atoms with Gasteiger partial charge in [0.2, 0.25) is 0 Å². The van der Waals surface area contributed by atoms with Gasteiger partial charge in [-0.2, -0.15) is 0 Å². The van der Waals surface area contributed by atoms with Gasteiger partial charge in [-0.1, -0.05) is 42.7 Å². The minimum atomic E-state index is 0.370. The van der Waals surface area contributed by atoms with E-state index in [1.54, 1.807) is 0 Å². The lowest BCUT2D eigenvalue weighted by Gasteiger charge is -2.30. The van der Waals surface area contributed by atoms with Gasteiger partial charge < -0.3 is 10.5 Å². The van der Waals surface area contributed by atoms with Crippen LogP contribution in [-0.2, 0) is 11.3 Å². The third kappa shape index (κ3) is 3.55. The monoisotopic (exact) mass is 233 g/mol. The van der Waals surface area contributed by atoms with E-state index in [4.69, 9.17) is 10.5 Å². The van der Waals surface area contributed by atoms with Crippen LogP contribution in [0.4, 0.5) is 0 Å². The Balaban J connectivity index is 1.86. The smallest absolute Gasteiger partial charge is 0.0720 e. The van der Waals surface area contributed by atoms with Crippen molar-refractivity contribution >= 4 is 0 Å². The molecule has 17 heavy (non-hydrogen) atoms. The lowest BCUT2D eigenvalue weighted by Crippen LogP contribution is -2.33. The molecule has 2 rings (SSSR count). The third-order valence-corrected chi connectivity index (χ3v) is 3.73. The summed E-state index contributed by atoms with van der Waals surface area (Å²) in [7, 11) is 0. The molecule has 0 radical (unpaired) electrons. The lowest BCUT2D eigenvalue weighted by molar-refractivity contribution is -0.0183. The molecule has 2 N–H and O–H groups in total. The molecule has 2 nitrogen and oxygen atoms in total. The minimum Gasteiger partial charge on any atom is -0.373 e. The number of nitrogens with two attached hydrogens (primary N) is 1. The molecule has 0 heterocycles. The third-order valence-electron chi connectivity index (χ3n) is 3.73. The molecule has 1 aliphatic rings. The molecule has 1 saturated carbocycles. The van der Waals surface area contributed by atoms with Gasteiger partial charge in [0.25, 0.3) is 0 Å². The van der Waals surface area contributed by atoms with Crippen LogP contribution in [0, 0.1) is 12.8 Å². The molecule has 1 aromatic carbocycles. The lowest BCUT2D eigenvalue weighted by atomic mass is 9.86. The molecule has 0 aromatic heterocycles. The van der Waals surface area contributed by atoms with Crippen LogP contribution in [0.2, 0.25) is 0 Å². The molecule has 0 saturated heterocycles. The average Bonchev–Trinajstić information content (AvgIpc) is 2.38. The molecule has 2 atom stereocenters. The molecule has 1 fully saturated rings. The SMILES string of the molecule is Cc1ccc(COC2CCCCC2CN)cc1. The molecular formula is C15H23NO. The fourth-order valence-corrected chi connectivity index (χ4v) is 2.55. The fraction of sp³-hybridized carbons (Fsp3) is 0.600. The second kappa shape index (κ2) is 6.18. The van der Waals surface area contributed by atoms with E-state index in [1.807, 2.05) is 0 Å². The van der Waals surface area contributed by atoms with Crippen molar-refractivity contribution < 1.29 is 4.74 Å². The van der Waals surface area contributed by atoms with Crippen LogP contribution in [0.3, 0.4) is 0 Å². The number of ether oxygens (including phenoxy) is 1. The summed E-state index contributed by atoms with van der Waals surface area (Å²) in [5.41, 5.74) is 8.36. The summed E-state index contributed by atoms with van der Waals surface area (Å²) in [5, 5.41) is 0. The largest absolute Gasteiger partial charge is 0.373 e. The summed E-state index contributed by atoms with van der Waals surface area (Å²) in [6, 6.07) is 8.57. The maximum Gasteiger partial charge on any atom is 0.0720 e. The van der Waals surface area contributed by atoms with Gasteiger partial charge in [-0.3, -0.25) is 0 Å². The van der Waals surface area contributed by atoms with Crippen molar-refractivity contribution in [1.82, 2.24) is 0 Å².